The quantitative estimate of drug-likeness (QED) is 0.758. The van der Waals surface area contributed by atoms with Crippen LogP contribution < -0.4 is 0 Å². The van der Waals surface area contributed by atoms with Gasteiger partial charge in [0.25, 0.3) is 0 Å². The van der Waals surface area contributed by atoms with E-state index in [0.29, 0.717) is 6.04 Å². The molecule has 1 N–H and O–H groups in total. The second kappa shape index (κ2) is 7.31. The van der Waals surface area contributed by atoms with Crippen molar-refractivity contribution in [2.45, 2.75) is 31.5 Å². The molecule has 2 fully saturated rings. The molecule has 0 aliphatic carbocycles. The predicted molar refractivity (Wildman–Crippen MR) is 77.9 cm³/mol. The Morgan fingerprint density at radius 2 is 2.10 bits per heavy atom. The van der Waals surface area contributed by atoms with Gasteiger partial charge in [-0.3, -0.25) is 14.5 Å². The highest BCUT2D eigenvalue weighted by atomic mass is 16.5. The molecular formula is C14H25N5O2. The molecule has 0 unspecified atom stereocenters. The van der Waals surface area contributed by atoms with Crippen molar-refractivity contribution in [2.75, 3.05) is 45.9 Å². The van der Waals surface area contributed by atoms with Crippen LogP contribution in [0.2, 0.25) is 0 Å². The number of morpholine rings is 1. The minimum atomic E-state index is -0.292. The van der Waals surface area contributed by atoms with Crippen LogP contribution in [0.15, 0.2) is 12.7 Å². The standard InChI is InChI=1S/C14H25N5O2/c20-14(9-17-4-6-21-7-5-17)10-18-3-1-2-13(18)8-19-12-15-11-16-19/h11-14,20H,1-10H2/t13-,14-/m1/s1. The number of aliphatic hydroxyl groups is 1. The Morgan fingerprint density at radius 1 is 1.24 bits per heavy atom. The lowest BCUT2D eigenvalue weighted by Crippen LogP contribution is -2.46. The number of ether oxygens (including phenoxy) is 1. The smallest absolute Gasteiger partial charge is 0.137 e. The lowest BCUT2D eigenvalue weighted by atomic mass is 10.2. The van der Waals surface area contributed by atoms with Crippen LogP contribution in [-0.4, -0.2) is 87.8 Å². The van der Waals surface area contributed by atoms with E-state index in [1.54, 1.807) is 12.7 Å². The summed E-state index contributed by atoms with van der Waals surface area (Å²) in [5.74, 6) is 0. The van der Waals surface area contributed by atoms with Crippen molar-refractivity contribution in [2.24, 2.45) is 0 Å². The van der Waals surface area contributed by atoms with Gasteiger partial charge >= 0.3 is 0 Å². The summed E-state index contributed by atoms with van der Waals surface area (Å²) < 4.78 is 7.23. The third-order valence-corrected chi connectivity index (χ3v) is 4.38. The summed E-state index contributed by atoms with van der Waals surface area (Å²) in [4.78, 5) is 8.68. The van der Waals surface area contributed by atoms with Gasteiger partial charge in [0, 0.05) is 32.2 Å². The number of aliphatic hydroxyl groups excluding tert-OH is 1. The molecule has 0 bridgehead atoms. The average Bonchev–Trinajstić information content (AvgIpc) is 3.13. The van der Waals surface area contributed by atoms with E-state index < -0.39 is 0 Å². The zero-order valence-electron chi connectivity index (χ0n) is 12.5. The molecule has 21 heavy (non-hydrogen) atoms. The van der Waals surface area contributed by atoms with Crippen LogP contribution in [0.5, 0.6) is 0 Å². The molecule has 1 aromatic heterocycles. The second-order valence-electron chi connectivity index (χ2n) is 5.98. The Morgan fingerprint density at radius 3 is 2.86 bits per heavy atom. The van der Waals surface area contributed by atoms with Gasteiger partial charge in [0.2, 0.25) is 0 Å². The molecule has 1 aromatic rings. The fraction of sp³-hybridized carbons (Fsp3) is 0.857. The number of hydrogen-bond acceptors (Lipinski definition) is 6. The molecule has 3 rings (SSSR count). The fourth-order valence-electron chi connectivity index (χ4n) is 3.30. The molecule has 2 saturated heterocycles. The molecule has 0 aromatic carbocycles. The Hall–Kier alpha value is -1.02. The Kier molecular flexibility index (Phi) is 5.18. The molecule has 3 heterocycles. The van der Waals surface area contributed by atoms with Crippen LogP contribution in [0, 0.1) is 0 Å². The van der Waals surface area contributed by atoms with E-state index in [2.05, 4.69) is 19.9 Å². The maximum absolute atomic E-state index is 10.3. The van der Waals surface area contributed by atoms with Gasteiger partial charge in [-0.1, -0.05) is 0 Å². The maximum Gasteiger partial charge on any atom is 0.137 e. The number of aromatic nitrogens is 3. The number of nitrogens with zero attached hydrogens (tertiary/aromatic N) is 5. The van der Waals surface area contributed by atoms with Gasteiger partial charge in [-0.25, -0.2) is 4.98 Å². The molecule has 118 valence electrons. The largest absolute Gasteiger partial charge is 0.390 e. The van der Waals surface area contributed by atoms with Crippen molar-refractivity contribution in [1.29, 1.82) is 0 Å². The molecule has 0 spiro atoms. The van der Waals surface area contributed by atoms with E-state index in [4.69, 9.17) is 4.74 Å². The van der Waals surface area contributed by atoms with Crippen molar-refractivity contribution >= 4 is 0 Å². The first-order chi connectivity index (χ1) is 10.3. The lowest BCUT2D eigenvalue weighted by Gasteiger charge is -2.31. The summed E-state index contributed by atoms with van der Waals surface area (Å²) in [6.07, 6.45) is 5.42. The number of rotatable bonds is 6. The van der Waals surface area contributed by atoms with Crippen molar-refractivity contribution in [3.05, 3.63) is 12.7 Å². The van der Waals surface area contributed by atoms with Crippen molar-refractivity contribution in [3.8, 4) is 0 Å². The highest BCUT2D eigenvalue weighted by Crippen LogP contribution is 2.19. The van der Waals surface area contributed by atoms with Gasteiger partial charge in [0.05, 0.1) is 25.9 Å². The van der Waals surface area contributed by atoms with Crippen molar-refractivity contribution in [1.82, 2.24) is 24.6 Å². The Bertz CT molecular complexity index is 408. The van der Waals surface area contributed by atoms with Gasteiger partial charge in [-0.15, -0.1) is 0 Å². The average molecular weight is 295 g/mol. The molecule has 0 saturated carbocycles. The minimum absolute atomic E-state index is 0.292. The van der Waals surface area contributed by atoms with E-state index in [1.165, 1.54) is 12.8 Å². The van der Waals surface area contributed by atoms with E-state index in [1.807, 2.05) is 4.68 Å². The van der Waals surface area contributed by atoms with Crippen LogP contribution in [0.3, 0.4) is 0 Å². The first-order valence-electron chi connectivity index (χ1n) is 7.86. The van der Waals surface area contributed by atoms with Gasteiger partial charge in [-0.05, 0) is 19.4 Å². The monoisotopic (exact) mass is 295 g/mol. The van der Waals surface area contributed by atoms with E-state index in [9.17, 15) is 5.11 Å². The van der Waals surface area contributed by atoms with Gasteiger partial charge < -0.3 is 9.84 Å². The normalized spacial score (nSPS) is 26.2. The summed E-state index contributed by atoms with van der Waals surface area (Å²) in [5, 5.41) is 14.5. The molecule has 0 amide bonds. The van der Waals surface area contributed by atoms with Crippen LogP contribution in [0.1, 0.15) is 12.8 Å². The molecule has 0 radical (unpaired) electrons. The van der Waals surface area contributed by atoms with Gasteiger partial charge in [0.15, 0.2) is 0 Å². The third kappa shape index (κ3) is 4.23. The lowest BCUT2D eigenvalue weighted by molar-refractivity contribution is 0.00531. The fourth-order valence-corrected chi connectivity index (χ4v) is 3.30. The first-order valence-corrected chi connectivity index (χ1v) is 7.86. The van der Waals surface area contributed by atoms with Gasteiger partial charge in [-0.2, -0.15) is 5.10 Å². The summed E-state index contributed by atoms with van der Waals surface area (Å²) >= 11 is 0. The highest BCUT2D eigenvalue weighted by Gasteiger charge is 2.27. The van der Waals surface area contributed by atoms with Crippen molar-refractivity contribution < 1.29 is 9.84 Å². The topological polar surface area (TPSA) is 66.7 Å². The summed E-state index contributed by atoms with van der Waals surface area (Å²) in [6, 6.07) is 0.464. The Labute approximate surface area is 125 Å². The molecule has 7 nitrogen and oxygen atoms in total. The number of β-amino-alcohol motifs (C(OH)–C–C–N with tert-alkyl or cyclic N) is 1. The molecular weight excluding hydrogens is 270 g/mol. The van der Waals surface area contributed by atoms with Crippen LogP contribution in [-0.2, 0) is 11.3 Å². The summed E-state index contributed by atoms with van der Waals surface area (Å²) in [6.45, 7) is 6.85. The second-order valence-corrected chi connectivity index (χ2v) is 5.98. The van der Waals surface area contributed by atoms with E-state index >= 15 is 0 Å². The third-order valence-electron chi connectivity index (χ3n) is 4.38. The maximum atomic E-state index is 10.3. The zero-order chi connectivity index (χ0) is 14.5. The zero-order valence-corrected chi connectivity index (χ0v) is 12.5. The molecule has 2 aliphatic rings. The minimum Gasteiger partial charge on any atom is -0.390 e. The summed E-state index contributed by atoms with van der Waals surface area (Å²) in [7, 11) is 0. The first kappa shape index (κ1) is 14.9. The highest BCUT2D eigenvalue weighted by molar-refractivity contribution is 4.82. The van der Waals surface area contributed by atoms with Crippen molar-refractivity contribution in [3.63, 3.8) is 0 Å². The SMILES string of the molecule is O[C@H](CN1CCOCC1)CN1CCC[C@@H]1Cn1cncn1. The van der Waals surface area contributed by atoms with E-state index in [-0.39, 0.29) is 6.10 Å². The van der Waals surface area contributed by atoms with Gasteiger partial charge in [0.1, 0.15) is 12.7 Å². The predicted octanol–water partition coefficient (Wildman–Crippen LogP) is -0.564. The molecule has 2 aliphatic heterocycles. The Balaban J connectivity index is 1.46. The summed E-state index contributed by atoms with van der Waals surface area (Å²) in [5.41, 5.74) is 0. The molecule has 2 atom stereocenters. The molecule has 7 heteroatoms. The van der Waals surface area contributed by atoms with Crippen LogP contribution >= 0.6 is 0 Å². The van der Waals surface area contributed by atoms with Crippen LogP contribution in [0.4, 0.5) is 0 Å². The number of hydrogen-bond donors (Lipinski definition) is 1. The van der Waals surface area contributed by atoms with Crippen LogP contribution in [0.25, 0.3) is 0 Å². The number of likely N-dealkylation sites (tertiary alicyclic amines) is 1. The van der Waals surface area contributed by atoms with E-state index in [0.717, 1.165) is 52.5 Å².